The Morgan fingerprint density at radius 3 is 2.83 bits per heavy atom. The highest BCUT2D eigenvalue weighted by Gasteiger charge is 2.45. The second kappa shape index (κ2) is 2.71. The van der Waals surface area contributed by atoms with Crippen molar-refractivity contribution in [2.45, 2.75) is 30.9 Å². The van der Waals surface area contributed by atoms with Crippen molar-refractivity contribution in [2.75, 3.05) is 13.2 Å². The topological polar surface area (TPSA) is 58.6 Å². The van der Waals surface area contributed by atoms with E-state index in [0.717, 1.165) is 0 Å². The quantitative estimate of drug-likeness (QED) is 0.613. The third-order valence-corrected chi connectivity index (χ3v) is 2.56. The second-order valence-corrected chi connectivity index (χ2v) is 3.69. The largest absolute Gasteiger partial charge is 0.481 e. The summed E-state index contributed by atoms with van der Waals surface area (Å²) in [6.07, 6.45) is 2.33. The van der Waals surface area contributed by atoms with Gasteiger partial charge in [0, 0.05) is 12.1 Å². The van der Waals surface area contributed by atoms with Crippen LogP contribution in [0.15, 0.2) is 0 Å². The summed E-state index contributed by atoms with van der Waals surface area (Å²) in [7, 11) is 0. The van der Waals surface area contributed by atoms with Gasteiger partial charge in [-0.2, -0.15) is 0 Å². The average molecular weight is 171 g/mol. The van der Waals surface area contributed by atoms with Crippen molar-refractivity contribution in [2.24, 2.45) is 0 Å². The molecule has 2 fully saturated rings. The molecule has 0 bridgehead atoms. The highest BCUT2D eigenvalue weighted by molar-refractivity contribution is 5.67. The van der Waals surface area contributed by atoms with Crippen LogP contribution in [0.2, 0.25) is 0 Å². The van der Waals surface area contributed by atoms with Gasteiger partial charge in [-0.05, 0) is 12.8 Å². The zero-order valence-electron chi connectivity index (χ0n) is 6.88. The van der Waals surface area contributed by atoms with Crippen LogP contribution < -0.4 is 5.32 Å². The number of hydrogen-bond acceptors (Lipinski definition) is 3. The first-order chi connectivity index (χ1) is 5.70. The third kappa shape index (κ3) is 1.59. The summed E-state index contributed by atoms with van der Waals surface area (Å²) in [6.45, 7) is 1.37. The van der Waals surface area contributed by atoms with E-state index in [9.17, 15) is 4.79 Å². The van der Waals surface area contributed by atoms with E-state index in [-0.39, 0.29) is 18.1 Å². The number of carboxylic acids is 1. The molecule has 1 aliphatic carbocycles. The Labute approximate surface area is 70.9 Å². The van der Waals surface area contributed by atoms with Gasteiger partial charge >= 0.3 is 5.97 Å². The number of morpholine rings is 1. The molecule has 2 rings (SSSR count). The number of rotatable bonds is 2. The zero-order valence-corrected chi connectivity index (χ0v) is 6.88. The maximum atomic E-state index is 10.3. The summed E-state index contributed by atoms with van der Waals surface area (Å²) >= 11 is 0. The molecule has 1 saturated heterocycles. The van der Waals surface area contributed by atoms with Crippen molar-refractivity contribution in [3.63, 3.8) is 0 Å². The first kappa shape index (κ1) is 8.01. The molecule has 2 N–H and O–H groups in total. The Balaban J connectivity index is 1.78. The molecule has 0 aromatic heterocycles. The lowest BCUT2D eigenvalue weighted by molar-refractivity contribution is -0.141. The van der Waals surface area contributed by atoms with E-state index in [1.54, 1.807) is 0 Å². The molecule has 0 radical (unpaired) electrons. The Kier molecular flexibility index (Phi) is 1.81. The molecular weight excluding hydrogens is 158 g/mol. The molecule has 68 valence electrons. The van der Waals surface area contributed by atoms with Crippen molar-refractivity contribution in [1.29, 1.82) is 0 Å². The van der Waals surface area contributed by atoms with Gasteiger partial charge in [0.2, 0.25) is 0 Å². The number of ether oxygens (including phenoxy) is 1. The number of aliphatic carboxylic acids is 1. The number of carboxylic acid groups (broad SMARTS) is 1. The normalized spacial score (nSPS) is 31.8. The monoisotopic (exact) mass is 171 g/mol. The maximum Gasteiger partial charge on any atom is 0.306 e. The first-order valence-corrected chi connectivity index (χ1v) is 4.29. The van der Waals surface area contributed by atoms with Crippen LogP contribution in [0.25, 0.3) is 0 Å². The highest BCUT2D eigenvalue weighted by Crippen LogP contribution is 2.37. The molecule has 4 heteroatoms. The Morgan fingerprint density at radius 2 is 2.42 bits per heavy atom. The van der Waals surface area contributed by atoms with Gasteiger partial charge < -0.3 is 15.2 Å². The molecule has 4 nitrogen and oxygen atoms in total. The Bertz CT molecular complexity index is 190. The molecule has 1 heterocycles. The van der Waals surface area contributed by atoms with Crippen LogP contribution in [0.1, 0.15) is 19.3 Å². The summed E-state index contributed by atoms with van der Waals surface area (Å²) in [5.74, 6) is -0.784. The number of carbonyl (C=O) groups is 1. The summed E-state index contributed by atoms with van der Waals surface area (Å²) in [4.78, 5) is 10.3. The molecule has 1 aliphatic heterocycles. The predicted octanol–water partition coefficient (Wildman–Crippen LogP) is -0.0179. The van der Waals surface area contributed by atoms with Gasteiger partial charge in [0.25, 0.3) is 0 Å². The molecule has 1 atom stereocenters. The summed E-state index contributed by atoms with van der Waals surface area (Å²) < 4.78 is 5.42. The Hall–Kier alpha value is -0.610. The highest BCUT2D eigenvalue weighted by atomic mass is 16.5. The van der Waals surface area contributed by atoms with Gasteiger partial charge in [0.15, 0.2) is 0 Å². The fourth-order valence-electron chi connectivity index (χ4n) is 1.52. The van der Waals surface area contributed by atoms with E-state index in [1.165, 1.54) is 12.8 Å². The van der Waals surface area contributed by atoms with Crippen LogP contribution in [0.5, 0.6) is 0 Å². The molecule has 0 aromatic rings. The van der Waals surface area contributed by atoms with Gasteiger partial charge in [0.1, 0.15) is 0 Å². The fraction of sp³-hybridized carbons (Fsp3) is 0.875. The van der Waals surface area contributed by atoms with Crippen LogP contribution in [-0.4, -0.2) is 35.9 Å². The molecule has 2 aliphatic rings. The molecule has 0 aromatic carbocycles. The summed E-state index contributed by atoms with van der Waals surface area (Å²) in [5.41, 5.74) is 0.231. The smallest absolute Gasteiger partial charge is 0.306 e. The average Bonchev–Trinajstić information content (AvgIpc) is 2.75. The van der Waals surface area contributed by atoms with E-state index in [0.29, 0.717) is 13.2 Å². The van der Waals surface area contributed by atoms with Crippen molar-refractivity contribution >= 4 is 5.97 Å². The molecule has 12 heavy (non-hydrogen) atoms. The Morgan fingerprint density at radius 1 is 1.67 bits per heavy atom. The van der Waals surface area contributed by atoms with Gasteiger partial charge in [-0.1, -0.05) is 0 Å². The third-order valence-electron chi connectivity index (χ3n) is 2.56. The van der Waals surface area contributed by atoms with Crippen molar-refractivity contribution in [1.82, 2.24) is 5.32 Å². The van der Waals surface area contributed by atoms with Gasteiger partial charge in [0.05, 0.1) is 19.1 Å². The number of hydrogen-bond donors (Lipinski definition) is 2. The molecule has 0 unspecified atom stereocenters. The minimum atomic E-state index is -0.784. The standard InChI is InChI=1S/C8H13NO3/c10-7(11)3-6-4-9-8(1-2-8)5-12-6/h6,9H,1-5H2,(H,10,11)/t6-/m0/s1. The van der Waals surface area contributed by atoms with E-state index >= 15 is 0 Å². The number of nitrogens with one attached hydrogen (secondary N) is 1. The zero-order chi connectivity index (χ0) is 8.60. The molecular formula is C8H13NO3. The van der Waals surface area contributed by atoms with E-state index < -0.39 is 5.97 Å². The molecule has 1 saturated carbocycles. The first-order valence-electron chi connectivity index (χ1n) is 4.29. The van der Waals surface area contributed by atoms with Crippen molar-refractivity contribution < 1.29 is 14.6 Å². The minimum Gasteiger partial charge on any atom is -0.481 e. The van der Waals surface area contributed by atoms with Gasteiger partial charge in [-0.25, -0.2) is 0 Å². The van der Waals surface area contributed by atoms with Crippen molar-refractivity contribution in [3.05, 3.63) is 0 Å². The van der Waals surface area contributed by atoms with Gasteiger partial charge in [-0.15, -0.1) is 0 Å². The molecule has 1 spiro atoms. The maximum absolute atomic E-state index is 10.3. The lowest BCUT2D eigenvalue weighted by Gasteiger charge is -2.29. The summed E-state index contributed by atoms with van der Waals surface area (Å²) in [5, 5.41) is 11.8. The minimum absolute atomic E-state index is 0.114. The lowest BCUT2D eigenvalue weighted by atomic mass is 10.1. The van der Waals surface area contributed by atoms with Crippen LogP contribution in [0.3, 0.4) is 0 Å². The predicted molar refractivity (Wildman–Crippen MR) is 42.0 cm³/mol. The van der Waals surface area contributed by atoms with Crippen LogP contribution in [-0.2, 0) is 9.53 Å². The summed E-state index contributed by atoms with van der Waals surface area (Å²) in [6, 6.07) is 0. The van der Waals surface area contributed by atoms with Crippen LogP contribution >= 0.6 is 0 Å². The SMILES string of the molecule is O=C(O)C[C@H]1CNC2(CC2)CO1. The second-order valence-electron chi connectivity index (χ2n) is 3.69. The van der Waals surface area contributed by atoms with E-state index in [1.807, 2.05) is 0 Å². The van der Waals surface area contributed by atoms with E-state index in [4.69, 9.17) is 9.84 Å². The van der Waals surface area contributed by atoms with Crippen molar-refractivity contribution in [3.8, 4) is 0 Å². The lowest BCUT2D eigenvalue weighted by Crippen LogP contribution is -2.48. The van der Waals surface area contributed by atoms with E-state index in [2.05, 4.69) is 5.32 Å². The van der Waals surface area contributed by atoms with Crippen LogP contribution in [0, 0.1) is 0 Å². The molecule has 0 amide bonds. The van der Waals surface area contributed by atoms with Gasteiger partial charge in [-0.3, -0.25) is 4.79 Å². The van der Waals surface area contributed by atoms with Crippen LogP contribution in [0.4, 0.5) is 0 Å². The fourth-order valence-corrected chi connectivity index (χ4v) is 1.52.